The lowest BCUT2D eigenvalue weighted by atomic mass is 10.0. The van der Waals surface area contributed by atoms with Crippen molar-refractivity contribution in [3.05, 3.63) is 42.1 Å². The number of piperazine rings is 1. The summed E-state index contributed by atoms with van der Waals surface area (Å²) in [6.45, 7) is 11.6. The number of nitrogens with zero attached hydrogens (tertiary/aromatic N) is 3. The van der Waals surface area contributed by atoms with Gasteiger partial charge in [-0.2, -0.15) is 0 Å². The first kappa shape index (κ1) is 20.3. The maximum Gasteiger partial charge on any atom is 0.253 e. The SMILES string of the molecule is C=C(C)N1CCN(C(=O)c2ccc(OC3CCN(C4CCCC4)CC3)cc2)CC1. The van der Waals surface area contributed by atoms with Crippen LogP contribution in [0.2, 0.25) is 0 Å². The van der Waals surface area contributed by atoms with E-state index in [0.717, 1.165) is 75.2 Å². The molecule has 2 heterocycles. The molecule has 1 saturated carbocycles. The average molecular weight is 398 g/mol. The lowest BCUT2D eigenvalue weighted by molar-refractivity contribution is 0.0669. The first-order valence-electron chi connectivity index (χ1n) is 11.3. The summed E-state index contributed by atoms with van der Waals surface area (Å²) in [5, 5.41) is 0. The minimum atomic E-state index is 0.114. The van der Waals surface area contributed by atoms with E-state index in [9.17, 15) is 4.79 Å². The Balaban J connectivity index is 1.25. The number of hydrogen-bond acceptors (Lipinski definition) is 4. The van der Waals surface area contributed by atoms with E-state index >= 15 is 0 Å². The summed E-state index contributed by atoms with van der Waals surface area (Å²) in [6, 6.07) is 8.56. The number of likely N-dealkylation sites (tertiary alicyclic amines) is 1. The third-order valence-electron chi connectivity index (χ3n) is 6.83. The quantitative estimate of drug-likeness (QED) is 0.758. The van der Waals surface area contributed by atoms with Crippen LogP contribution in [0.4, 0.5) is 0 Å². The Labute approximate surface area is 175 Å². The molecule has 0 atom stereocenters. The molecule has 3 fully saturated rings. The van der Waals surface area contributed by atoms with Gasteiger partial charge in [0.2, 0.25) is 0 Å². The van der Waals surface area contributed by atoms with Crippen LogP contribution in [0, 0.1) is 0 Å². The molecule has 0 N–H and O–H groups in total. The van der Waals surface area contributed by atoms with E-state index in [-0.39, 0.29) is 5.91 Å². The third-order valence-corrected chi connectivity index (χ3v) is 6.83. The van der Waals surface area contributed by atoms with Gasteiger partial charge in [0.15, 0.2) is 0 Å². The molecule has 0 aromatic heterocycles. The fourth-order valence-corrected chi connectivity index (χ4v) is 4.97. The second kappa shape index (κ2) is 9.21. The van der Waals surface area contributed by atoms with Gasteiger partial charge in [-0.25, -0.2) is 0 Å². The van der Waals surface area contributed by atoms with Crippen molar-refractivity contribution >= 4 is 5.91 Å². The van der Waals surface area contributed by atoms with Gasteiger partial charge in [0.1, 0.15) is 11.9 Å². The summed E-state index contributed by atoms with van der Waals surface area (Å²) in [6.07, 6.45) is 8.05. The van der Waals surface area contributed by atoms with Crippen molar-refractivity contribution < 1.29 is 9.53 Å². The highest BCUT2D eigenvalue weighted by atomic mass is 16.5. The monoisotopic (exact) mass is 397 g/mol. The summed E-state index contributed by atoms with van der Waals surface area (Å²) in [4.78, 5) is 19.6. The highest BCUT2D eigenvalue weighted by Crippen LogP contribution is 2.27. The minimum absolute atomic E-state index is 0.114. The van der Waals surface area contributed by atoms with E-state index in [0.29, 0.717) is 6.10 Å². The topological polar surface area (TPSA) is 36.0 Å². The molecule has 0 bridgehead atoms. The van der Waals surface area contributed by atoms with E-state index in [1.807, 2.05) is 36.1 Å². The van der Waals surface area contributed by atoms with Crippen molar-refractivity contribution in [1.29, 1.82) is 0 Å². The number of amides is 1. The van der Waals surface area contributed by atoms with Gasteiger partial charge in [-0.3, -0.25) is 4.79 Å². The molecule has 158 valence electrons. The molecule has 4 rings (SSSR count). The van der Waals surface area contributed by atoms with Gasteiger partial charge in [-0.15, -0.1) is 0 Å². The summed E-state index contributed by atoms with van der Waals surface area (Å²) < 4.78 is 6.22. The predicted octanol–water partition coefficient (Wildman–Crippen LogP) is 3.76. The number of carbonyl (C=O) groups excluding carboxylic acids is 1. The average Bonchev–Trinajstić information content (AvgIpc) is 3.29. The van der Waals surface area contributed by atoms with Crippen LogP contribution in [0.5, 0.6) is 5.75 Å². The van der Waals surface area contributed by atoms with Gasteiger partial charge < -0.3 is 19.4 Å². The van der Waals surface area contributed by atoms with E-state index in [2.05, 4.69) is 16.4 Å². The van der Waals surface area contributed by atoms with Crippen LogP contribution in [0.25, 0.3) is 0 Å². The van der Waals surface area contributed by atoms with Crippen LogP contribution < -0.4 is 4.74 Å². The zero-order valence-electron chi connectivity index (χ0n) is 17.8. The second-order valence-corrected chi connectivity index (χ2v) is 8.83. The van der Waals surface area contributed by atoms with Crippen molar-refractivity contribution in [3.63, 3.8) is 0 Å². The molecule has 1 amide bonds. The van der Waals surface area contributed by atoms with E-state index in [1.54, 1.807) is 0 Å². The fourth-order valence-electron chi connectivity index (χ4n) is 4.97. The molecule has 29 heavy (non-hydrogen) atoms. The Kier molecular flexibility index (Phi) is 6.43. The zero-order valence-corrected chi connectivity index (χ0v) is 17.8. The highest BCUT2D eigenvalue weighted by molar-refractivity contribution is 5.94. The second-order valence-electron chi connectivity index (χ2n) is 8.83. The van der Waals surface area contributed by atoms with Gasteiger partial charge in [0.05, 0.1) is 0 Å². The third kappa shape index (κ3) is 4.95. The maximum atomic E-state index is 12.8. The molecule has 0 spiro atoms. The van der Waals surface area contributed by atoms with Gasteiger partial charge in [0, 0.05) is 56.6 Å². The molecule has 1 aromatic carbocycles. The number of rotatable bonds is 5. The van der Waals surface area contributed by atoms with Gasteiger partial charge in [-0.05, 0) is 56.9 Å². The summed E-state index contributed by atoms with van der Waals surface area (Å²) >= 11 is 0. The van der Waals surface area contributed by atoms with Crippen LogP contribution in [-0.4, -0.2) is 72.0 Å². The van der Waals surface area contributed by atoms with Gasteiger partial charge in [0.25, 0.3) is 5.91 Å². The molecule has 1 aliphatic carbocycles. The fraction of sp³-hybridized carbons (Fsp3) is 0.625. The Morgan fingerprint density at radius 2 is 1.48 bits per heavy atom. The van der Waals surface area contributed by atoms with Crippen molar-refractivity contribution in [2.75, 3.05) is 39.3 Å². The zero-order chi connectivity index (χ0) is 20.2. The van der Waals surface area contributed by atoms with Crippen LogP contribution in [-0.2, 0) is 0 Å². The number of hydrogen-bond donors (Lipinski definition) is 0. The molecule has 0 unspecified atom stereocenters. The van der Waals surface area contributed by atoms with Crippen molar-refractivity contribution in [3.8, 4) is 5.75 Å². The smallest absolute Gasteiger partial charge is 0.253 e. The largest absolute Gasteiger partial charge is 0.490 e. The number of ether oxygens (including phenoxy) is 1. The van der Waals surface area contributed by atoms with Gasteiger partial charge in [-0.1, -0.05) is 19.4 Å². The van der Waals surface area contributed by atoms with Crippen LogP contribution in [0.3, 0.4) is 0 Å². The standard InChI is InChI=1S/C24H35N3O2/c1-19(2)25-15-17-27(18-16-25)24(28)20-7-9-22(10-8-20)29-23-11-13-26(14-12-23)21-5-3-4-6-21/h7-10,21,23H,1,3-6,11-18H2,2H3. The van der Waals surface area contributed by atoms with Gasteiger partial charge >= 0.3 is 0 Å². The van der Waals surface area contributed by atoms with Crippen LogP contribution in [0.1, 0.15) is 55.8 Å². The molecule has 0 radical (unpaired) electrons. The first-order valence-corrected chi connectivity index (χ1v) is 11.3. The lowest BCUT2D eigenvalue weighted by Gasteiger charge is -2.36. The van der Waals surface area contributed by atoms with Crippen LogP contribution >= 0.6 is 0 Å². The maximum absolute atomic E-state index is 12.8. The number of piperidine rings is 1. The lowest BCUT2D eigenvalue weighted by Crippen LogP contribution is -2.47. The van der Waals surface area contributed by atoms with E-state index < -0.39 is 0 Å². The van der Waals surface area contributed by atoms with E-state index in [4.69, 9.17) is 4.74 Å². The normalized spacial score (nSPS) is 22.1. The Hall–Kier alpha value is -2.01. The minimum Gasteiger partial charge on any atom is -0.490 e. The molecule has 5 heteroatoms. The summed E-state index contributed by atoms with van der Waals surface area (Å²) in [5.41, 5.74) is 1.82. The first-order chi connectivity index (χ1) is 14.1. The Morgan fingerprint density at radius 1 is 0.897 bits per heavy atom. The summed E-state index contributed by atoms with van der Waals surface area (Å²) in [5.74, 6) is 0.996. The molecule has 2 saturated heterocycles. The highest BCUT2D eigenvalue weighted by Gasteiger charge is 2.28. The molecular weight excluding hydrogens is 362 g/mol. The Bertz CT molecular complexity index is 695. The molecule has 3 aliphatic rings. The van der Waals surface area contributed by atoms with Crippen molar-refractivity contribution in [2.45, 2.75) is 57.6 Å². The summed E-state index contributed by atoms with van der Waals surface area (Å²) in [7, 11) is 0. The molecule has 2 aliphatic heterocycles. The number of allylic oxidation sites excluding steroid dienone is 1. The molecular formula is C24H35N3O2. The van der Waals surface area contributed by atoms with Crippen molar-refractivity contribution in [2.24, 2.45) is 0 Å². The Morgan fingerprint density at radius 3 is 2.07 bits per heavy atom. The van der Waals surface area contributed by atoms with E-state index in [1.165, 1.54) is 25.7 Å². The number of carbonyl (C=O) groups is 1. The molecule has 5 nitrogen and oxygen atoms in total. The van der Waals surface area contributed by atoms with Crippen LogP contribution in [0.15, 0.2) is 36.5 Å². The van der Waals surface area contributed by atoms with Crippen molar-refractivity contribution in [1.82, 2.24) is 14.7 Å². The predicted molar refractivity (Wildman–Crippen MR) is 116 cm³/mol. The number of benzene rings is 1. The molecule has 1 aromatic rings.